The van der Waals surface area contributed by atoms with Gasteiger partial charge in [-0.25, -0.2) is 9.97 Å². The van der Waals surface area contributed by atoms with E-state index in [1.165, 1.54) is 22.3 Å². The maximum atomic E-state index is 4.60. The average molecular weight is 384 g/mol. The Balaban J connectivity index is 1.35. The SMILES string of the molecule is c1ccc(-c2ccc(-c3cnc(-c4ccc(-c5ccccc5)cc4)nc3)cc2)cc1. The molecule has 0 spiro atoms. The lowest BCUT2D eigenvalue weighted by atomic mass is 10.0. The van der Waals surface area contributed by atoms with E-state index in [1.54, 1.807) is 0 Å². The average Bonchev–Trinajstić information content (AvgIpc) is 2.85. The van der Waals surface area contributed by atoms with Gasteiger partial charge in [0, 0.05) is 23.5 Å². The zero-order valence-electron chi connectivity index (χ0n) is 16.4. The third-order valence-corrected chi connectivity index (χ3v) is 5.23. The molecule has 0 unspecified atom stereocenters. The first-order chi connectivity index (χ1) is 14.9. The molecular formula is C28H20N2. The molecule has 1 aromatic heterocycles. The predicted molar refractivity (Wildman–Crippen MR) is 124 cm³/mol. The van der Waals surface area contributed by atoms with E-state index in [-0.39, 0.29) is 0 Å². The fourth-order valence-corrected chi connectivity index (χ4v) is 3.55. The van der Waals surface area contributed by atoms with Crippen molar-refractivity contribution in [3.05, 3.63) is 122 Å². The van der Waals surface area contributed by atoms with Gasteiger partial charge in [0.1, 0.15) is 0 Å². The van der Waals surface area contributed by atoms with Gasteiger partial charge in [-0.05, 0) is 27.8 Å². The van der Waals surface area contributed by atoms with Crippen LogP contribution in [-0.2, 0) is 0 Å². The second kappa shape index (κ2) is 8.14. The molecule has 0 fully saturated rings. The molecule has 0 saturated heterocycles. The second-order valence-corrected chi connectivity index (χ2v) is 7.18. The molecule has 30 heavy (non-hydrogen) atoms. The molecular weight excluding hydrogens is 364 g/mol. The first-order valence-electron chi connectivity index (χ1n) is 10.0. The fraction of sp³-hybridized carbons (Fsp3) is 0. The Morgan fingerprint density at radius 2 is 0.633 bits per heavy atom. The Labute approximate surface area is 176 Å². The van der Waals surface area contributed by atoms with Crippen molar-refractivity contribution in [3.63, 3.8) is 0 Å². The molecule has 0 atom stereocenters. The van der Waals surface area contributed by atoms with Gasteiger partial charge in [-0.3, -0.25) is 0 Å². The summed E-state index contributed by atoms with van der Waals surface area (Å²) < 4.78 is 0. The quantitative estimate of drug-likeness (QED) is 0.329. The van der Waals surface area contributed by atoms with E-state index in [4.69, 9.17) is 0 Å². The van der Waals surface area contributed by atoms with Crippen molar-refractivity contribution < 1.29 is 0 Å². The maximum absolute atomic E-state index is 4.60. The van der Waals surface area contributed by atoms with Crippen LogP contribution in [0.5, 0.6) is 0 Å². The predicted octanol–water partition coefficient (Wildman–Crippen LogP) is 7.14. The summed E-state index contributed by atoms with van der Waals surface area (Å²) in [4.78, 5) is 9.19. The van der Waals surface area contributed by atoms with Gasteiger partial charge in [-0.1, -0.05) is 109 Å². The van der Waals surface area contributed by atoms with E-state index >= 15 is 0 Å². The minimum Gasteiger partial charge on any atom is -0.236 e. The van der Waals surface area contributed by atoms with E-state index in [0.29, 0.717) is 0 Å². The van der Waals surface area contributed by atoms with E-state index in [0.717, 1.165) is 22.5 Å². The zero-order chi connectivity index (χ0) is 20.2. The summed E-state index contributed by atoms with van der Waals surface area (Å²) >= 11 is 0. The Bertz CT molecular complexity index is 1120. The number of hydrogen-bond donors (Lipinski definition) is 0. The van der Waals surface area contributed by atoms with Gasteiger partial charge in [0.2, 0.25) is 0 Å². The molecule has 2 heteroatoms. The molecule has 0 radical (unpaired) electrons. The van der Waals surface area contributed by atoms with Crippen LogP contribution in [0.3, 0.4) is 0 Å². The molecule has 0 aliphatic rings. The topological polar surface area (TPSA) is 25.8 Å². The standard InChI is InChI=1S/C28H20N2/c1-3-7-21(8-4-1)23-11-13-25(14-12-23)27-19-29-28(30-20-27)26-17-15-24(16-18-26)22-9-5-2-6-10-22/h1-20H. The molecule has 0 aliphatic heterocycles. The highest BCUT2D eigenvalue weighted by atomic mass is 14.9. The van der Waals surface area contributed by atoms with Crippen LogP contribution in [0.2, 0.25) is 0 Å². The van der Waals surface area contributed by atoms with Gasteiger partial charge in [-0.15, -0.1) is 0 Å². The highest BCUT2D eigenvalue weighted by Gasteiger charge is 2.05. The van der Waals surface area contributed by atoms with Crippen LogP contribution in [0.1, 0.15) is 0 Å². The summed E-state index contributed by atoms with van der Waals surface area (Å²) in [5.41, 5.74) is 7.96. The Morgan fingerprint density at radius 3 is 1.07 bits per heavy atom. The van der Waals surface area contributed by atoms with Gasteiger partial charge in [0.15, 0.2) is 5.82 Å². The molecule has 0 saturated carbocycles. The number of benzene rings is 4. The van der Waals surface area contributed by atoms with Crippen molar-refractivity contribution in [3.8, 4) is 44.8 Å². The number of hydrogen-bond acceptors (Lipinski definition) is 2. The minimum absolute atomic E-state index is 0.735. The Hall–Kier alpha value is -4.04. The largest absolute Gasteiger partial charge is 0.236 e. The minimum atomic E-state index is 0.735. The van der Waals surface area contributed by atoms with Crippen molar-refractivity contribution in [2.75, 3.05) is 0 Å². The van der Waals surface area contributed by atoms with Crippen LogP contribution in [0.4, 0.5) is 0 Å². The lowest BCUT2D eigenvalue weighted by Crippen LogP contribution is -1.90. The van der Waals surface area contributed by atoms with E-state index in [1.807, 2.05) is 24.5 Å². The molecule has 2 nitrogen and oxygen atoms in total. The molecule has 0 N–H and O–H groups in total. The first kappa shape index (κ1) is 18.0. The number of rotatable bonds is 4. The monoisotopic (exact) mass is 384 g/mol. The highest BCUT2D eigenvalue weighted by molar-refractivity contribution is 5.71. The summed E-state index contributed by atoms with van der Waals surface area (Å²) in [5, 5.41) is 0. The smallest absolute Gasteiger partial charge is 0.159 e. The van der Waals surface area contributed by atoms with Crippen molar-refractivity contribution in [1.82, 2.24) is 9.97 Å². The summed E-state index contributed by atoms with van der Waals surface area (Å²) in [6.07, 6.45) is 3.79. The molecule has 5 rings (SSSR count). The van der Waals surface area contributed by atoms with Crippen LogP contribution < -0.4 is 0 Å². The van der Waals surface area contributed by atoms with Crippen LogP contribution in [-0.4, -0.2) is 9.97 Å². The lowest BCUT2D eigenvalue weighted by Gasteiger charge is -2.06. The Kier molecular flexibility index (Phi) is 4.89. The first-order valence-corrected chi connectivity index (χ1v) is 10.0. The Morgan fingerprint density at radius 1 is 0.300 bits per heavy atom. The van der Waals surface area contributed by atoms with Crippen molar-refractivity contribution in [2.45, 2.75) is 0 Å². The van der Waals surface area contributed by atoms with Gasteiger partial charge in [0.05, 0.1) is 0 Å². The van der Waals surface area contributed by atoms with Gasteiger partial charge in [0.25, 0.3) is 0 Å². The third-order valence-electron chi connectivity index (χ3n) is 5.23. The van der Waals surface area contributed by atoms with Crippen LogP contribution >= 0.6 is 0 Å². The van der Waals surface area contributed by atoms with Crippen molar-refractivity contribution in [2.24, 2.45) is 0 Å². The maximum Gasteiger partial charge on any atom is 0.159 e. The summed E-state index contributed by atoms with van der Waals surface area (Å²) in [6, 6.07) is 37.7. The molecule has 1 heterocycles. The van der Waals surface area contributed by atoms with Gasteiger partial charge in [-0.2, -0.15) is 0 Å². The molecule has 5 aromatic rings. The van der Waals surface area contributed by atoms with Gasteiger partial charge >= 0.3 is 0 Å². The van der Waals surface area contributed by atoms with Crippen LogP contribution in [0.25, 0.3) is 44.8 Å². The van der Waals surface area contributed by atoms with Gasteiger partial charge < -0.3 is 0 Å². The van der Waals surface area contributed by atoms with Crippen LogP contribution in [0.15, 0.2) is 122 Å². The molecule has 142 valence electrons. The normalized spacial score (nSPS) is 10.7. The third kappa shape index (κ3) is 3.76. The molecule has 0 bridgehead atoms. The van der Waals surface area contributed by atoms with Crippen molar-refractivity contribution >= 4 is 0 Å². The van der Waals surface area contributed by atoms with E-state index in [9.17, 15) is 0 Å². The van der Waals surface area contributed by atoms with Crippen LogP contribution in [0, 0.1) is 0 Å². The molecule has 0 aliphatic carbocycles. The fourth-order valence-electron chi connectivity index (χ4n) is 3.55. The second-order valence-electron chi connectivity index (χ2n) is 7.18. The summed E-state index contributed by atoms with van der Waals surface area (Å²) in [7, 11) is 0. The zero-order valence-corrected chi connectivity index (χ0v) is 16.4. The molecule has 0 amide bonds. The highest BCUT2D eigenvalue weighted by Crippen LogP contribution is 2.26. The number of aromatic nitrogens is 2. The number of nitrogens with zero attached hydrogens (tertiary/aromatic N) is 2. The van der Waals surface area contributed by atoms with E-state index < -0.39 is 0 Å². The lowest BCUT2D eigenvalue weighted by molar-refractivity contribution is 1.18. The molecule has 4 aromatic carbocycles. The summed E-state index contributed by atoms with van der Waals surface area (Å²) in [5.74, 6) is 0.735. The van der Waals surface area contributed by atoms with Crippen molar-refractivity contribution in [1.29, 1.82) is 0 Å². The van der Waals surface area contributed by atoms with E-state index in [2.05, 4.69) is 107 Å². The summed E-state index contributed by atoms with van der Waals surface area (Å²) in [6.45, 7) is 0.